The lowest BCUT2D eigenvalue weighted by molar-refractivity contribution is -0.142. The van der Waals surface area contributed by atoms with E-state index in [1.54, 1.807) is 24.0 Å². The van der Waals surface area contributed by atoms with Crippen LogP contribution in [0.3, 0.4) is 0 Å². The summed E-state index contributed by atoms with van der Waals surface area (Å²) in [5.74, 6) is 0.637. The number of aliphatic hydroxyl groups excluding tert-OH is 1. The van der Waals surface area contributed by atoms with Crippen LogP contribution in [0.1, 0.15) is 31.1 Å². The van der Waals surface area contributed by atoms with Gasteiger partial charge in [0.15, 0.2) is 6.10 Å². The van der Waals surface area contributed by atoms with Crippen LogP contribution in [0.4, 0.5) is 0 Å². The second kappa shape index (κ2) is 11.2. The standard InChI is InChI=1S/C26H32ClN3O4/c1-17(28-16-23(31)19-5-3-6-21(27)14-19)13-20-15-29-25-22(20)7-4-8-24(25)34-18(2)26(32)30-9-11-33-12-10-30/h3-8,14-15,17-18,23,28-29,31H,9-13,16H2,1-2H3/t17-,18+,23+/m1/s1. The third-order valence-corrected chi connectivity index (χ3v) is 6.39. The molecule has 34 heavy (non-hydrogen) atoms. The molecule has 3 aromatic rings. The number of nitrogens with zero attached hydrogens (tertiary/aromatic N) is 1. The Morgan fingerprint density at radius 1 is 1.24 bits per heavy atom. The number of rotatable bonds is 9. The van der Waals surface area contributed by atoms with Gasteiger partial charge in [0.05, 0.1) is 24.8 Å². The molecule has 3 atom stereocenters. The number of hydrogen-bond donors (Lipinski definition) is 3. The summed E-state index contributed by atoms with van der Waals surface area (Å²) in [7, 11) is 0. The number of carbonyl (C=O) groups excluding carboxylic acids is 1. The van der Waals surface area contributed by atoms with Crippen molar-refractivity contribution in [1.82, 2.24) is 15.2 Å². The van der Waals surface area contributed by atoms with Gasteiger partial charge < -0.3 is 29.8 Å². The van der Waals surface area contributed by atoms with E-state index in [1.165, 1.54) is 0 Å². The van der Waals surface area contributed by atoms with Crippen LogP contribution >= 0.6 is 11.6 Å². The molecule has 1 aliphatic rings. The number of aromatic nitrogens is 1. The molecule has 1 aliphatic heterocycles. The molecule has 1 aromatic heterocycles. The molecule has 0 spiro atoms. The number of halogens is 1. The maximum absolute atomic E-state index is 12.7. The highest BCUT2D eigenvalue weighted by Gasteiger charge is 2.24. The van der Waals surface area contributed by atoms with Gasteiger partial charge in [-0.3, -0.25) is 4.79 Å². The van der Waals surface area contributed by atoms with Crippen molar-refractivity contribution in [1.29, 1.82) is 0 Å². The average Bonchev–Trinajstić information content (AvgIpc) is 3.26. The van der Waals surface area contributed by atoms with Gasteiger partial charge >= 0.3 is 0 Å². The third-order valence-electron chi connectivity index (χ3n) is 6.16. The van der Waals surface area contributed by atoms with Crippen molar-refractivity contribution >= 4 is 28.4 Å². The molecular weight excluding hydrogens is 454 g/mol. The van der Waals surface area contributed by atoms with E-state index in [4.69, 9.17) is 21.1 Å². The number of amides is 1. The molecule has 3 N–H and O–H groups in total. The minimum absolute atomic E-state index is 0.0248. The second-order valence-corrected chi connectivity index (χ2v) is 9.21. The first-order valence-electron chi connectivity index (χ1n) is 11.7. The number of hydrogen-bond acceptors (Lipinski definition) is 5. The number of ether oxygens (including phenoxy) is 2. The van der Waals surface area contributed by atoms with Crippen LogP contribution in [0.25, 0.3) is 10.9 Å². The van der Waals surface area contributed by atoms with E-state index >= 15 is 0 Å². The van der Waals surface area contributed by atoms with E-state index in [0.717, 1.165) is 28.5 Å². The molecule has 4 rings (SSSR count). The molecule has 7 nitrogen and oxygen atoms in total. The SMILES string of the molecule is C[C@H](Cc1c[nH]c2c(O[C@@H](C)C(=O)N3CCOCC3)cccc12)NC[C@H](O)c1cccc(Cl)c1. The van der Waals surface area contributed by atoms with E-state index < -0.39 is 12.2 Å². The first kappa shape index (κ1) is 24.5. The van der Waals surface area contributed by atoms with Crippen molar-refractivity contribution in [3.8, 4) is 5.75 Å². The number of aromatic amines is 1. The average molecular weight is 486 g/mol. The molecule has 0 radical (unpaired) electrons. The minimum Gasteiger partial charge on any atom is -0.479 e. The van der Waals surface area contributed by atoms with Crippen molar-refractivity contribution in [3.05, 3.63) is 64.8 Å². The molecule has 0 saturated carbocycles. The molecular formula is C26H32ClN3O4. The fraction of sp³-hybridized carbons (Fsp3) is 0.423. The second-order valence-electron chi connectivity index (χ2n) is 8.77. The quantitative estimate of drug-likeness (QED) is 0.430. The van der Waals surface area contributed by atoms with Crippen LogP contribution in [0.15, 0.2) is 48.7 Å². The lowest BCUT2D eigenvalue weighted by Crippen LogP contribution is -2.46. The number of benzene rings is 2. The zero-order chi connectivity index (χ0) is 24.1. The van der Waals surface area contributed by atoms with Gasteiger partial charge in [-0.1, -0.05) is 35.9 Å². The predicted molar refractivity (Wildman–Crippen MR) is 133 cm³/mol. The molecule has 8 heteroatoms. The number of carbonyl (C=O) groups is 1. The van der Waals surface area contributed by atoms with Gasteiger partial charge in [0.1, 0.15) is 5.75 Å². The molecule has 182 valence electrons. The van der Waals surface area contributed by atoms with Crippen LogP contribution in [0, 0.1) is 0 Å². The van der Waals surface area contributed by atoms with Crippen molar-refractivity contribution in [3.63, 3.8) is 0 Å². The molecule has 1 fully saturated rings. The summed E-state index contributed by atoms with van der Waals surface area (Å²) in [5.41, 5.74) is 2.82. The first-order valence-corrected chi connectivity index (χ1v) is 12.1. The Hall–Kier alpha value is -2.58. The summed E-state index contributed by atoms with van der Waals surface area (Å²) in [6.07, 6.45) is 1.55. The van der Waals surface area contributed by atoms with Crippen LogP contribution < -0.4 is 10.1 Å². The molecule has 0 unspecified atom stereocenters. The van der Waals surface area contributed by atoms with E-state index in [9.17, 15) is 9.90 Å². The molecule has 1 amide bonds. The third kappa shape index (κ3) is 5.91. The van der Waals surface area contributed by atoms with Crippen LogP contribution in [-0.4, -0.2) is 65.9 Å². The van der Waals surface area contributed by atoms with Crippen molar-refractivity contribution in [2.24, 2.45) is 0 Å². The summed E-state index contributed by atoms with van der Waals surface area (Å²) in [5, 5.41) is 15.5. The zero-order valence-corrected chi connectivity index (χ0v) is 20.3. The van der Waals surface area contributed by atoms with Gasteiger partial charge in [-0.2, -0.15) is 0 Å². The summed E-state index contributed by atoms with van der Waals surface area (Å²) in [4.78, 5) is 17.8. The number of para-hydroxylation sites is 1. The van der Waals surface area contributed by atoms with Crippen LogP contribution in [-0.2, 0) is 16.0 Å². The van der Waals surface area contributed by atoms with E-state index in [0.29, 0.717) is 43.6 Å². The van der Waals surface area contributed by atoms with E-state index in [1.807, 2.05) is 30.5 Å². The number of nitrogens with one attached hydrogen (secondary N) is 2. The predicted octanol–water partition coefficient (Wildman–Crippen LogP) is 3.70. The van der Waals surface area contributed by atoms with Crippen molar-refractivity contribution in [2.45, 2.75) is 38.5 Å². The maximum Gasteiger partial charge on any atom is 0.263 e. The summed E-state index contributed by atoms with van der Waals surface area (Å²) in [6, 6.07) is 13.3. The lowest BCUT2D eigenvalue weighted by Gasteiger charge is -2.29. The van der Waals surface area contributed by atoms with Crippen LogP contribution in [0.2, 0.25) is 5.02 Å². The smallest absolute Gasteiger partial charge is 0.263 e. The van der Waals surface area contributed by atoms with Gasteiger partial charge in [-0.25, -0.2) is 0 Å². The van der Waals surface area contributed by atoms with E-state index in [-0.39, 0.29) is 11.9 Å². The number of aliphatic hydroxyl groups is 1. The Labute approximate surface area is 205 Å². The molecule has 0 aliphatic carbocycles. The Kier molecular flexibility index (Phi) is 8.11. The maximum atomic E-state index is 12.7. The first-order chi connectivity index (χ1) is 16.4. The van der Waals surface area contributed by atoms with Crippen molar-refractivity contribution < 1.29 is 19.4 Å². The molecule has 1 saturated heterocycles. The fourth-order valence-corrected chi connectivity index (χ4v) is 4.48. The molecule has 2 aromatic carbocycles. The highest BCUT2D eigenvalue weighted by Crippen LogP contribution is 2.29. The largest absolute Gasteiger partial charge is 0.479 e. The van der Waals surface area contributed by atoms with E-state index in [2.05, 4.69) is 23.3 Å². The summed E-state index contributed by atoms with van der Waals surface area (Å²) in [6.45, 7) is 6.64. The summed E-state index contributed by atoms with van der Waals surface area (Å²) >= 11 is 6.03. The number of H-pyrrole nitrogens is 1. The van der Waals surface area contributed by atoms with Gasteiger partial charge in [0, 0.05) is 42.3 Å². The highest BCUT2D eigenvalue weighted by atomic mass is 35.5. The van der Waals surface area contributed by atoms with Crippen molar-refractivity contribution in [2.75, 3.05) is 32.8 Å². The lowest BCUT2D eigenvalue weighted by atomic mass is 10.0. The van der Waals surface area contributed by atoms with Crippen LogP contribution in [0.5, 0.6) is 5.75 Å². The monoisotopic (exact) mass is 485 g/mol. The Morgan fingerprint density at radius 2 is 2.00 bits per heavy atom. The normalized spacial score (nSPS) is 16.9. The topological polar surface area (TPSA) is 86.8 Å². The Balaban J connectivity index is 1.37. The van der Waals surface area contributed by atoms with Gasteiger partial charge in [-0.05, 0) is 49.6 Å². The minimum atomic E-state index is -0.630. The number of morpholine rings is 1. The highest BCUT2D eigenvalue weighted by molar-refractivity contribution is 6.30. The van der Waals surface area contributed by atoms with Gasteiger partial charge in [-0.15, -0.1) is 0 Å². The zero-order valence-electron chi connectivity index (χ0n) is 19.6. The van der Waals surface area contributed by atoms with Gasteiger partial charge in [0.2, 0.25) is 0 Å². The fourth-order valence-electron chi connectivity index (χ4n) is 4.28. The molecule has 0 bridgehead atoms. The Morgan fingerprint density at radius 3 is 2.76 bits per heavy atom. The number of fused-ring (bicyclic) bond motifs is 1. The van der Waals surface area contributed by atoms with Gasteiger partial charge in [0.25, 0.3) is 5.91 Å². The Bertz CT molecular complexity index is 1110. The molecule has 2 heterocycles. The summed E-state index contributed by atoms with van der Waals surface area (Å²) < 4.78 is 11.4.